The normalized spacial score (nSPS) is 16.1. The van der Waals surface area contributed by atoms with Crippen LogP contribution in [0.2, 0.25) is 0 Å². The first-order chi connectivity index (χ1) is 24.7. The number of aromatic hydroxyl groups is 1. The minimum atomic E-state index is -1.91. The fraction of sp³-hybridized carbons (Fsp3) is 0.533. The summed E-state index contributed by atoms with van der Waals surface area (Å²) in [6.45, 7) is -0.986. The van der Waals surface area contributed by atoms with Gasteiger partial charge in [0, 0.05) is 6.42 Å². The molecule has 0 fully saturated rings. The molecule has 53 heavy (non-hydrogen) atoms. The predicted octanol–water partition coefficient (Wildman–Crippen LogP) is -8.13. The van der Waals surface area contributed by atoms with Gasteiger partial charge < -0.3 is 79.1 Å². The van der Waals surface area contributed by atoms with E-state index < -0.39 is 128 Å². The lowest BCUT2D eigenvalue weighted by Crippen LogP contribution is -2.63. The van der Waals surface area contributed by atoms with Gasteiger partial charge in [0.25, 0.3) is 0 Å². The number of carboxylic acids is 1. The molecule has 1 aromatic rings. The number of primary amides is 1. The van der Waals surface area contributed by atoms with E-state index in [1.807, 2.05) is 16.0 Å². The van der Waals surface area contributed by atoms with E-state index in [1.165, 1.54) is 31.2 Å². The number of aliphatic hydroxyl groups is 5. The summed E-state index contributed by atoms with van der Waals surface area (Å²) in [6, 6.07) is -6.95. The van der Waals surface area contributed by atoms with Crippen molar-refractivity contribution in [2.75, 3.05) is 19.8 Å². The Balaban J connectivity index is 3.13. The number of nitrogens with two attached hydrogens (primary N) is 2. The van der Waals surface area contributed by atoms with Gasteiger partial charge in [0.1, 0.15) is 48.0 Å². The number of hydrogen-bond acceptors (Lipinski definition) is 15. The lowest BCUT2D eigenvalue weighted by molar-refractivity contribution is -0.143. The van der Waals surface area contributed by atoms with E-state index in [4.69, 9.17) is 11.5 Å². The number of aliphatic hydroxyl groups excluding tert-OH is 5. The molecule has 0 spiro atoms. The van der Waals surface area contributed by atoms with E-state index in [2.05, 4.69) is 16.0 Å². The third-order valence-corrected chi connectivity index (χ3v) is 7.36. The van der Waals surface area contributed by atoms with Gasteiger partial charge in [0.05, 0.1) is 38.4 Å². The third-order valence-electron chi connectivity index (χ3n) is 7.36. The van der Waals surface area contributed by atoms with Crippen molar-refractivity contribution in [1.82, 2.24) is 31.9 Å². The fourth-order valence-corrected chi connectivity index (χ4v) is 4.29. The van der Waals surface area contributed by atoms with Crippen molar-refractivity contribution in [3.8, 4) is 5.75 Å². The number of phenolic OH excluding ortho intramolecular Hbond substituents is 1. The number of carbonyl (C=O) groups is 8. The number of hydrogen-bond donors (Lipinski definition) is 15. The number of phenols is 1. The summed E-state index contributed by atoms with van der Waals surface area (Å²) in [6.07, 6.45) is -4.18. The second-order valence-electron chi connectivity index (χ2n) is 11.7. The topological polar surface area (TPSA) is 402 Å². The van der Waals surface area contributed by atoms with Gasteiger partial charge in [-0.2, -0.15) is 0 Å². The maximum atomic E-state index is 13.2. The largest absolute Gasteiger partial charge is 0.508 e. The zero-order valence-corrected chi connectivity index (χ0v) is 28.6. The molecule has 0 aromatic heterocycles. The Labute approximate surface area is 301 Å². The zero-order chi connectivity index (χ0) is 40.6. The average molecular weight is 759 g/mol. The number of benzene rings is 1. The number of nitrogens with one attached hydrogen (secondary N) is 6. The molecule has 0 aliphatic carbocycles. The second-order valence-corrected chi connectivity index (χ2v) is 11.7. The molecular weight excluding hydrogens is 712 g/mol. The summed E-state index contributed by atoms with van der Waals surface area (Å²) in [5, 5.41) is 80.4. The number of carboxylic acid groups (broad SMARTS) is 1. The highest BCUT2D eigenvalue weighted by atomic mass is 16.4. The Morgan fingerprint density at radius 2 is 1.00 bits per heavy atom. The van der Waals surface area contributed by atoms with E-state index >= 15 is 0 Å². The molecule has 17 N–H and O–H groups in total. The highest BCUT2D eigenvalue weighted by Crippen LogP contribution is 2.12. The lowest BCUT2D eigenvalue weighted by Gasteiger charge is -2.27. The number of amides is 7. The van der Waals surface area contributed by atoms with E-state index in [0.717, 1.165) is 6.92 Å². The molecule has 23 heteroatoms. The van der Waals surface area contributed by atoms with Crippen LogP contribution in [0.1, 0.15) is 25.8 Å². The van der Waals surface area contributed by atoms with Gasteiger partial charge >= 0.3 is 5.97 Å². The first-order valence-corrected chi connectivity index (χ1v) is 15.8. The Kier molecular flexibility index (Phi) is 18.7. The summed E-state index contributed by atoms with van der Waals surface area (Å²) in [5.74, 6) is -9.96. The van der Waals surface area contributed by atoms with Gasteiger partial charge in [0.15, 0.2) is 0 Å². The standard InChI is InChI=1S/C30H46N8O15/c1-12(42)22(32)28(50)36-18(9-39)26(48)35-20(11-41)27(49)38-23(13(2)43)29(51)37-19(10-40)25(47)33-16(7-14-3-5-15(44)6-4-14)24(46)34-17(30(52)53)8-21(31)45/h3-6,12-13,16-20,22-23,39-44H,7-11,32H2,1-2H3,(H2,31,45)(H,33,47)(H,34,46)(H,35,48)(H,36,50)(H,37,51)(H,38,49)(H,52,53)/t12-,13-,16+,17+,18+,19+,20+,22+,23+/m1/s1. The molecule has 0 unspecified atom stereocenters. The van der Waals surface area contributed by atoms with Crippen molar-refractivity contribution in [3.63, 3.8) is 0 Å². The van der Waals surface area contributed by atoms with E-state index in [0.29, 0.717) is 5.56 Å². The minimum absolute atomic E-state index is 0.140. The van der Waals surface area contributed by atoms with Crippen molar-refractivity contribution in [3.05, 3.63) is 29.8 Å². The summed E-state index contributed by atoms with van der Waals surface area (Å²) in [5.41, 5.74) is 10.9. The maximum absolute atomic E-state index is 13.2. The van der Waals surface area contributed by atoms with E-state index in [1.54, 1.807) is 0 Å². The van der Waals surface area contributed by atoms with E-state index in [-0.39, 0.29) is 12.2 Å². The quantitative estimate of drug-likeness (QED) is 0.0522. The van der Waals surface area contributed by atoms with Crippen LogP contribution >= 0.6 is 0 Å². The molecule has 0 saturated carbocycles. The van der Waals surface area contributed by atoms with Crippen molar-refractivity contribution >= 4 is 47.3 Å². The highest BCUT2D eigenvalue weighted by molar-refractivity contribution is 5.97. The van der Waals surface area contributed by atoms with Crippen molar-refractivity contribution in [1.29, 1.82) is 0 Å². The molecular formula is C30H46N8O15. The van der Waals surface area contributed by atoms with Crippen LogP contribution in [0.3, 0.4) is 0 Å². The minimum Gasteiger partial charge on any atom is -0.508 e. The molecule has 0 aliphatic rings. The van der Waals surface area contributed by atoms with Crippen LogP contribution in [0.4, 0.5) is 0 Å². The summed E-state index contributed by atoms with van der Waals surface area (Å²) in [7, 11) is 0. The number of aliphatic carboxylic acids is 1. The van der Waals surface area contributed by atoms with Crippen LogP contribution < -0.4 is 43.4 Å². The first kappa shape index (κ1) is 45.6. The molecule has 1 aromatic carbocycles. The number of rotatable bonds is 22. The SMILES string of the molecule is C[C@@H](O)[C@H](N)C(=O)N[C@@H](CO)C(=O)N[C@@H](CO)C(=O)N[C@H](C(=O)N[C@@H](CO)C(=O)N[C@@H](Cc1ccc(O)cc1)C(=O)N[C@@H](CC(N)=O)C(=O)O)[C@@H](C)O. The van der Waals surface area contributed by atoms with Gasteiger partial charge in [0.2, 0.25) is 41.4 Å². The molecule has 9 atom stereocenters. The van der Waals surface area contributed by atoms with Crippen LogP contribution in [0.5, 0.6) is 5.75 Å². The zero-order valence-electron chi connectivity index (χ0n) is 28.6. The second kappa shape index (κ2) is 21.8. The van der Waals surface area contributed by atoms with Crippen molar-refractivity contribution in [2.45, 2.75) is 81.2 Å². The molecule has 0 saturated heterocycles. The monoisotopic (exact) mass is 758 g/mol. The molecule has 23 nitrogen and oxygen atoms in total. The number of carbonyl (C=O) groups excluding carboxylic acids is 7. The molecule has 0 heterocycles. The van der Waals surface area contributed by atoms with Gasteiger partial charge in [-0.05, 0) is 31.5 Å². The maximum Gasteiger partial charge on any atom is 0.326 e. The van der Waals surface area contributed by atoms with Gasteiger partial charge in [-0.15, -0.1) is 0 Å². The third kappa shape index (κ3) is 15.0. The van der Waals surface area contributed by atoms with Crippen LogP contribution in [0.15, 0.2) is 24.3 Å². The summed E-state index contributed by atoms with van der Waals surface area (Å²) >= 11 is 0. The van der Waals surface area contributed by atoms with Gasteiger partial charge in [-0.25, -0.2) is 4.79 Å². The molecule has 7 amide bonds. The predicted molar refractivity (Wildman–Crippen MR) is 177 cm³/mol. The van der Waals surface area contributed by atoms with E-state index in [9.17, 15) is 74.1 Å². The Morgan fingerprint density at radius 3 is 1.42 bits per heavy atom. The Bertz CT molecular complexity index is 1460. The van der Waals surface area contributed by atoms with Crippen LogP contribution in [0, 0.1) is 0 Å². The smallest absolute Gasteiger partial charge is 0.326 e. The van der Waals surface area contributed by atoms with Gasteiger partial charge in [-0.3, -0.25) is 33.6 Å². The van der Waals surface area contributed by atoms with Crippen molar-refractivity contribution in [2.24, 2.45) is 11.5 Å². The average Bonchev–Trinajstić information content (AvgIpc) is 3.09. The molecule has 296 valence electrons. The molecule has 1 rings (SSSR count). The Morgan fingerprint density at radius 1 is 0.604 bits per heavy atom. The van der Waals surface area contributed by atoms with Crippen molar-refractivity contribution < 1.29 is 74.1 Å². The molecule has 0 bridgehead atoms. The summed E-state index contributed by atoms with van der Waals surface area (Å²) in [4.78, 5) is 100. The molecule has 0 radical (unpaired) electrons. The van der Waals surface area contributed by atoms with Crippen LogP contribution in [0.25, 0.3) is 0 Å². The highest BCUT2D eigenvalue weighted by Gasteiger charge is 2.35. The van der Waals surface area contributed by atoms with Gasteiger partial charge in [-0.1, -0.05) is 12.1 Å². The fourth-order valence-electron chi connectivity index (χ4n) is 4.29. The lowest BCUT2D eigenvalue weighted by atomic mass is 10.0. The Hall–Kier alpha value is -5.46. The first-order valence-electron chi connectivity index (χ1n) is 15.8. The van der Waals surface area contributed by atoms with Crippen LogP contribution in [-0.4, -0.2) is 157 Å². The van der Waals surface area contributed by atoms with Crippen LogP contribution in [-0.2, 0) is 44.8 Å². The molecule has 0 aliphatic heterocycles. The summed E-state index contributed by atoms with van der Waals surface area (Å²) < 4.78 is 0.